The molecule has 0 bridgehead atoms. The molecule has 0 saturated carbocycles. The molecule has 17 heavy (non-hydrogen) atoms. The number of thiocarbonyl (C=S) groups is 1. The highest BCUT2D eigenvalue weighted by Crippen LogP contribution is 2.07. The van der Waals surface area contributed by atoms with Crippen LogP contribution < -0.4 is 11.2 Å². The lowest BCUT2D eigenvalue weighted by atomic mass is 10.3. The molecule has 2 rings (SSSR count). The minimum Gasteiger partial charge on any atom is -0.389 e. The van der Waals surface area contributed by atoms with E-state index in [1.807, 2.05) is 12.1 Å². The summed E-state index contributed by atoms with van der Waals surface area (Å²) in [4.78, 5) is 6.96. The van der Waals surface area contributed by atoms with E-state index in [4.69, 9.17) is 18.0 Å². The third kappa shape index (κ3) is 3.36. The molecule has 1 aromatic rings. The molecule has 0 radical (unpaired) electrons. The fourth-order valence-corrected chi connectivity index (χ4v) is 1.81. The molecule has 0 spiro atoms. The summed E-state index contributed by atoms with van der Waals surface area (Å²) in [5, 5.41) is 2.17. The van der Waals surface area contributed by atoms with Gasteiger partial charge in [-0.3, -0.25) is 0 Å². The summed E-state index contributed by atoms with van der Waals surface area (Å²) in [5.74, 6) is 0.828. The molecule has 0 aromatic carbocycles. The van der Waals surface area contributed by atoms with Gasteiger partial charge in [0, 0.05) is 37.9 Å². The van der Waals surface area contributed by atoms with Crippen molar-refractivity contribution in [2.75, 3.05) is 38.7 Å². The van der Waals surface area contributed by atoms with Gasteiger partial charge in [0.1, 0.15) is 10.8 Å². The third-order valence-corrected chi connectivity index (χ3v) is 3.06. The van der Waals surface area contributed by atoms with Crippen molar-refractivity contribution < 1.29 is 0 Å². The molecule has 0 aliphatic carbocycles. The first-order chi connectivity index (χ1) is 8.15. The molecule has 5 nitrogen and oxygen atoms in total. The van der Waals surface area contributed by atoms with Crippen LogP contribution in [0.15, 0.2) is 18.3 Å². The van der Waals surface area contributed by atoms with E-state index in [-0.39, 0.29) is 0 Å². The first-order valence-corrected chi connectivity index (χ1v) is 6.02. The predicted molar refractivity (Wildman–Crippen MR) is 72.8 cm³/mol. The molecule has 3 N–H and O–H groups in total. The second-order valence-electron chi connectivity index (χ2n) is 4.20. The predicted octanol–water partition coefficient (Wildman–Crippen LogP) is 0.290. The number of hydrogen-bond acceptors (Lipinski definition) is 5. The van der Waals surface area contributed by atoms with E-state index in [0.29, 0.717) is 4.99 Å². The number of hydrogen-bond donors (Lipinski definition) is 2. The molecule has 0 amide bonds. The van der Waals surface area contributed by atoms with E-state index in [2.05, 4.69) is 27.4 Å². The van der Waals surface area contributed by atoms with Crippen molar-refractivity contribution in [3.8, 4) is 0 Å². The van der Waals surface area contributed by atoms with Crippen LogP contribution in [-0.4, -0.2) is 53.1 Å². The summed E-state index contributed by atoms with van der Waals surface area (Å²) in [6.07, 6.45) is 1.70. The van der Waals surface area contributed by atoms with Gasteiger partial charge in [-0.25, -0.2) is 9.99 Å². The van der Waals surface area contributed by atoms with Crippen molar-refractivity contribution in [2.45, 2.75) is 0 Å². The van der Waals surface area contributed by atoms with Gasteiger partial charge in [-0.15, -0.1) is 0 Å². The Bertz CT molecular complexity index is 383. The van der Waals surface area contributed by atoms with Crippen LogP contribution in [0.1, 0.15) is 5.56 Å². The summed E-state index contributed by atoms with van der Waals surface area (Å²) in [7, 11) is 2.13. The molecule has 1 aliphatic heterocycles. The summed E-state index contributed by atoms with van der Waals surface area (Å²) in [5.41, 5.74) is 9.59. The monoisotopic (exact) mass is 251 g/mol. The molecule has 1 aliphatic rings. The number of piperazine rings is 1. The minimum atomic E-state index is 0.378. The summed E-state index contributed by atoms with van der Waals surface area (Å²) >= 11 is 4.88. The maximum Gasteiger partial charge on any atom is 0.140 e. The van der Waals surface area contributed by atoms with Crippen molar-refractivity contribution in [2.24, 2.45) is 5.73 Å². The molecule has 92 valence electrons. The standard InChI is InChI=1S/C11H17N5S/c1-15-4-6-16(7-5-15)14-10-3-2-9(8-13-10)11(12)17/h2-3,8H,4-7H2,1H3,(H2,12,17)(H,13,14). The number of hydrazine groups is 1. The van der Waals surface area contributed by atoms with E-state index < -0.39 is 0 Å². The van der Waals surface area contributed by atoms with Crippen LogP contribution in [0.5, 0.6) is 0 Å². The van der Waals surface area contributed by atoms with Crippen LogP contribution in [0.25, 0.3) is 0 Å². The average molecular weight is 251 g/mol. The van der Waals surface area contributed by atoms with E-state index in [1.165, 1.54) is 0 Å². The number of nitrogens with zero attached hydrogens (tertiary/aromatic N) is 3. The largest absolute Gasteiger partial charge is 0.389 e. The SMILES string of the molecule is CN1CCN(Nc2ccc(C(N)=S)cn2)CC1. The Hall–Kier alpha value is -1.24. The van der Waals surface area contributed by atoms with Gasteiger partial charge in [0.2, 0.25) is 0 Å². The Kier molecular flexibility index (Phi) is 3.88. The number of aromatic nitrogens is 1. The lowest BCUT2D eigenvalue weighted by molar-refractivity contribution is 0.178. The lowest BCUT2D eigenvalue weighted by Gasteiger charge is -2.32. The first-order valence-electron chi connectivity index (χ1n) is 5.61. The zero-order chi connectivity index (χ0) is 12.3. The Morgan fingerprint density at radius 2 is 2.06 bits per heavy atom. The van der Waals surface area contributed by atoms with E-state index >= 15 is 0 Å². The van der Waals surface area contributed by atoms with Gasteiger partial charge in [-0.1, -0.05) is 12.2 Å². The van der Waals surface area contributed by atoms with Crippen molar-refractivity contribution in [3.63, 3.8) is 0 Å². The molecule has 0 atom stereocenters. The average Bonchev–Trinajstić information content (AvgIpc) is 2.33. The topological polar surface area (TPSA) is 57.4 Å². The summed E-state index contributed by atoms with van der Waals surface area (Å²) in [6.45, 7) is 4.13. The van der Waals surface area contributed by atoms with E-state index in [0.717, 1.165) is 37.6 Å². The quantitative estimate of drug-likeness (QED) is 0.753. The lowest BCUT2D eigenvalue weighted by Crippen LogP contribution is -2.47. The van der Waals surface area contributed by atoms with Gasteiger partial charge < -0.3 is 16.1 Å². The van der Waals surface area contributed by atoms with E-state index in [9.17, 15) is 0 Å². The molecule has 1 aromatic heterocycles. The minimum absolute atomic E-state index is 0.378. The van der Waals surface area contributed by atoms with Gasteiger partial charge in [0.25, 0.3) is 0 Å². The van der Waals surface area contributed by atoms with Gasteiger partial charge in [0.05, 0.1) is 0 Å². The maximum absolute atomic E-state index is 5.52. The number of nitrogens with one attached hydrogen (secondary N) is 1. The van der Waals surface area contributed by atoms with Crippen LogP contribution in [0, 0.1) is 0 Å². The first kappa shape index (κ1) is 12.2. The Morgan fingerprint density at radius 1 is 1.35 bits per heavy atom. The Balaban J connectivity index is 1.92. The van der Waals surface area contributed by atoms with Gasteiger partial charge in [-0.2, -0.15) is 0 Å². The zero-order valence-corrected chi connectivity index (χ0v) is 10.7. The number of nitrogens with two attached hydrogens (primary N) is 1. The second-order valence-corrected chi connectivity index (χ2v) is 4.64. The second kappa shape index (κ2) is 5.39. The normalized spacial score (nSPS) is 17.9. The van der Waals surface area contributed by atoms with E-state index in [1.54, 1.807) is 6.20 Å². The van der Waals surface area contributed by atoms with Crippen LogP contribution in [-0.2, 0) is 0 Å². The Morgan fingerprint density at radius 3 is 2.59 bits per heavy atom. The van der Waals surface area contributed by atoms with Crippen molar-refractivity contribution in [3.05, 3.63) is 23.9 Å². The fraction of sp³-hybridized carbons (Fsp3) is 0.455. The van der Waals surface area contributed by atoms with Crippen molar-refractivity contribution >= 4 is 23.0 Å². The van der Waals surface area contributed by atoms with Crippen molar-refractivity contribution in [1.82, 2.24) is 14.9 Å². The van der Waals surface area contributed by atoms with Gasteiger partial charge >= 0.3 is 0 Å². The molecule has 2 heterocycles. The number of anilines is 1. The highest BCUT2D eigenvalue weighted by atomic mass is 32.1. The molecule has 0 unspecified atom stereocenters. The number of likely N-dealkylation sites (N-methyl/N-ethyl adjacent to an activating group) is 1. The highest BCUT2D eigenvalue weighted by Gasteiger charge is 2.13. The molecule has 1 fully saturated rings. The molecule has 1 saturated heterocycles. The van der Waals surface area contributed by atoms with Gasteiger partial charge in [0.15, 0.2) is 0 Å². The molecular weight excluding hydrogens is 234 g/mol. The van der Waals surface area contributed by atoms with Crippen LogP contribution in [0.4, 0.5) is 5.82 Å². The van der Waals surface area contributed by atoms with Crippen LogP contribution >= 0.6 is 12.2 Å². The highest BCUT2D eigenvalue weighted by molar-refractivity contribution is 7.80. The number of rotatable bonds is 3. The maximum atomic E-state index is 5.52. The van der Waals surface area contributed by atoms with Crippen LogP contribution in [0.2, 0.25) is 0 Å². The fourth-order valence-electron chi connectivity index (χ4n) is 1.69. The summed E-state index contributed by atoms with van der Waals surface area (Å²) < 4.78 is 0. The molecular formula is C11H17N5S. The molecule has 6 heteroatoms. The van der Waals surface area contributed by atoms with Crippen LogP contribution in [0.3, 0.4) is 0 Å². The Labute approximate surface area is 107 Å². The number of pyridine rings is 1. The van der Waals surface area contributed by atoms with Gasteiger partial charge in [-0.05, 0) is 19.2 Å². The smallest absolute Gasteiger partial charge is 0.140 e. The van der Waals surface area contributed by atoms with Crippen molar-refractivity contribution in [1.29, 1.82) is 0 Å². The third-order valence-electron chi connectivity index (χ3n) is 2.82. The summed E-state index contributed by atoms with van der Waals surface area (Å²) in [6, 6.07) is 3.78. The zero-order valence-electron chi connectivity index (χ0n) is 9.89.